The molecule has 2 aromatic carbocycles. The summed E-state index contributed by atoms with van der Waals surface area (Å²) in [4.78, 5) is 2.09. The molecule has 2 rings (SSSR count). The van der Waals surface area contributed by atoms with Crippen LogP contribution in [0.1, 0.15) is 11.1 Å². The van der Waals surface area contributed by atoms with Crippen LogP contribution in [0.2, 0.25) is 0 Å². The number of hydrogen-bond acceptors (Lipinski definition) is 2. The lowest BCUT2D eigenvalue weighted by atomic mass is 10.1. The average molecular weight is 227 g/mol. The normalized spacial score (nSPS) is 10.3. The molecule has 88 valence electrons. The molecule has 0 aliphatic heterocycles. The topological polar surface area (TPSA) is 23.5 Å². The van der Waals surface area contributed by atoms with Gasteiger partial charge in [-0.3, -0.25) is 0 Å². The van der Waals surface area contributed by atoms with Crippen LogP contribution in [0.3, 0.4) is 0 Å². The lowest BCUT2D eigenvalue weighted by molar-refractivity contribution is 0.282. The highest BCUT2D eigenvalue weighted by Gasteiger charge is 2.07. The second-order valence-corrected chi connectivity index (χ2v) is 4.18. The van der Waals surface area contributed by atoms with Gasteiger partial charge in [-0.2, -0.15) is 0 Å². The van der Waals surface area contributed by atoms with Gasteiger partial charge in [-0.1, -0.05) is 35.9 Å². The van der Waals surface area contributed by atoms with Gasteiger partial charge in [0.2, 0.25) is 0 Å². The fourth-order valence-electron chi connectivity index (χ4n) is 1.88. The van der Waals surface area contributed by atoms with Crippen LogP contribution in [0.15, 0.2) is 48.5 Å². The van der Waals surface area contributed by atoms with E-state index >= 15 is 0 Å². The highest BCUT2D eigenvalue weighted by atomic mass is 16.3. The van der Waals surface area contributed by atoms with Crippen molar-refractivity contribution in [3.05, 3.63) is 59.7 Å². The quantitative estimate of drug-likeness (QED) is 0.870. The fraction of sp³-hybridized carbons (Fsp3) is 0.200. The van der Waals surface area contributed by atoms with E-state index in [9.17, 15) is 5.11 Å². The summed E-state index contributed by atoms with van der Waals surface area (Å²) in [5.41, 5.74) is 4.35. The molecule has 0 bridgehead atoms. The minimum Gasteiger partial charge on any atom is -0.392 e. The molecule has 0 saturated heterocycles. The fourth-order valence-corrected chi connectivity index (χ4v) is 1.88. The predicted octanol–water partition coefficient (Wildman–Crippen LogP) is 3.26. The zero-order valence-electron chi connectivity index (χ0n) is 10.2. The number of aliphatic hydroxyl groups is 1. The molecule has 2 heteroatoms. The van der Waals surface area contributed by atoms with Gasteiger partial charge in [-0.25, -0.2) is 0 Å². The molecule has 1 N–H and O–H groups in total. The first-order valence-electron chi connectivity index (χ1n) is 5.71. The van der Waals surface area contributed by atoms with Crippen LogP contribution in [0.25, 0.3) is 0 Å². The predicted molar refractivity (Wildman–Crippen MR) is 71.6 cm³/mol. The Bertz CT molecular complexity index is 491. The summed E-state index contributed by atoms with van der Waals surface area (Å²) in [6.07, 6.45) is 0. The van der Waals surface area contributed by atoms with Crippen molar-refractivity contribution in [3.63, 3.8) is 0 Å². The van der Waals surface area contributed by atoms with Gasteiger partial charge in [0.1, 0.15) is 0 Å². The summed E-state index contributed by atoms with van der Waals surface area (Å²) in [6, 6.07) is 16.2. The molecule has 0 spiro atoms. The average Bonchev–Trinajstić information content (AvgIpc) is 2.39. The highest BCUT2D eigenvalue weighted by molar-refractivity contribution is 5.65. The number of rotatable bonds is 3. The van der Waals surface area contributed by atoms with E-state index in [1.54, 1.807) is 0 Å². The number of nitrogens with zero attached hydrogens (tertiary/aromatic N) is 1. The van der Waals surface area contributed by atoms with Crippen LogP contribution in [0.5, 0.6) is 0 Å². The summed E-state index contributed by atoms with van der Waals surface area (Å²) >= 11 is 0. The minimum atomic E-state index is 0.0619. The van der Waals surface area contributed by atoms with Crippen molar-refractivity contribution in [2.45, 2.75) is 13.5 Å². The number of aliphatic hydroxyl groups excluding tert-OH is 1. The maximum absolute atomic E-state index is 9.33. The Morgan fingerprint density at radius 2 is 1.65 bits per heavy atom. The van der Waals surface area contributed by atoms with Gasteiger partial charge < -0.3 is 10.0 Å². The Balaban J connectivity index is 2.36. The molecule has 2 nitrogen and oxygen atoms in total. The second kappa shape index (κ2) is 5.02. The van der Waals surface area contributed by atoms with E-state index in [2.05, 4.69) is 36.1 Å². The van der Waals surface area contributed by atoms with Crippen LogP contribution in [0, 0.1) is 6.92 Å². The Morgan fingerprint density at radius 1 is 1.00 bits per heavy atom. The van der Waals surface area contributed by atoms with Gasteiger partial charge >= 0.3 is 0 Å². The van der Waals surface area contributed by atoms with Gasteiger partial charge in [-0.05, 0) is 25.1 Å². The number of hydrogen-bond donors (Lipinski definition) is 1. The Morgan fingerprint density at radius 3 is 2.29 bits per heavy atom. The van der Waals surface area contributed by atoms with E-state index in [0.717, 1.165) is 16.9 Å². The van der Waals surface area contributed by atoms with Crippen molar-refractivity contribution < 1.29 is 5.11 Å². The summed E-state index contributed by atoms with van der Waals surface area (Å²) in [6.45, 7) is 2.14. The molecule has 17 heavy (non-hydrogen) atoms. The number of benzene rings is 2. The van der Waals surface area contributed by atoms with E-state index in [1.165, 1.54) is 5.56 Å². The molecular weight excluding hydrogens is 210 g/mol. The molecular formula is C15H17NO. The van der Waals surface area contributed by atoms with Crippen molar-refractivity contribution >= 4 is 11.4 Å². The first-order valence-corrected chi connectivity index (χ1v) is 5.71. The third-order valence-electron chi connectivity index (χ3n) is 2.94. The Labute approximate surface area is 102 Å². The lowest BCUT2D eigenvalue weighted by Gasteiger charge is -2.22. The number of aryl methyl sites for hydroxylation is 1. The van der Waals surface area contributed by atoms with Crippen molar-refractivity contribution in [1.29, 1.82) is 0 Å². The van der Waals surface area contributed by atoms with Gasteiger partial charge in [-0.15, -0.1) is 0 Å². The molecule has 0 fully saturated rings. The van der Waals surface area contributed by atoms with Gasteiger partial charge in [0.25, 0.3) is 0 Å². The van der Waals surface area contributed by atoms with Crippen molar-refractivity contribution in [3.8, 4) is 0 Å². The van der Waals surface area contributed by atoms with E-state index in [0.29, 0.717) is 0 Å². The molecule has 0 amide bonds. The summed E-state index contributed by atoms with van der Waals surface area (Å²) in [7, 11) is 2.01. The lowest BCUT2D eigenvalue weighted by Crippen LogP contribution is -2.11. The van der Waals surface area contributed by atoms with Crippen LogP contribution >= 0.6 is 0 Å². The van der Waals surface area contributed by atoms with E-state index < -0.39 is 0 Å². The van der Waals surface area contributed by atoms with Crippen LogP contribution in [-0.2, 0) is 6.61 Å². The van der Waals surface area contributed by atoms with Gasteiger partial charge in [0, 0.05) is 24.0 Å². The third-order valence-corrected chi connectivity index (χ3v) is 2.94. The molecule has 2 aromatic rings. The smallest absolute Gasteiger partial charge is 0.0702 e. The zero-order valence-corrected chi connectivity index (χ0v) is 10.2. The van der Waals surface area contributed by atoms with Crippen molar-refractivity contribution in [2.75, 3.05) is 11.9 Å². The molecule has 0 aromatic heterocycles. The molecule has 0 aliphatic rings. The summed E-state index contributed by atoms with van der Waals surface area (Å²) in [5, 5.41) is 9.33. The first kappa shape index (κ1) is 11.7. The molecule has 0 aliphatic carbocycles. The summed E-state index contributed by atoms with van der Waals surface area (Å²) < 4.78 is 0. The molecule has 0 radical (unpaired) electrons. The monoisotopic (exact) mass is 227 g/mol. The van der Waals surface area contributed by atoms with Gasteiger partial charge in [0.05, 0.1) is 6.61 Å². The number of para-hydroxylation sites is 1. The second-order valence-electron chi connectivity index (χ2n) is 4.18. The Hall–Kier alpha value is -1.80. The van der Waals surface area contributed by atoms with E-state index in [1.807, 2.05) is 31.3 Å². The van der Waals surface area contributed by atoms with E-state index in [-0.39, 0.29) is 6.61 Å². The summed E-state index contributed by atoms with van der Waals surface area (Å²) in [5.74, 6) is 0. The van der Waals surface area contributed by atoms with Crippen LogP contribution in [-0.4, -0.2) is 12.2 Å². The van der Waals surface area contributed by atoms with Crippen LogP contribution in [0.4, 0.5) is 11.4 Å². The van der Waals surface area contributed by atoms with Crippen molar-refractivity contribution in [2.24, 2.45) is 0 Å². The van der Waals surface area contributed by atoms with Crippen LogP contribution < -0.4 is 4.90 Å². The van der Waals surface area contributed by atoms with Crippen molar-refractivity contribution in [1.82, 2.24) is 0 Å². The third kappa shape index (κ3) is 2.48. The first-order chi connectivity index (χ1) is 8.22. The number of anilines is 2. The standard InChI is InChI=1S/C15H17NO/c1-12-7-9-14(10-8-12)16(2)15-6-4-3-5-13(15)11-17/h3-10,17H,11H2,1-2H3. The van der Waals surface area contributed by atoms with Gasteiger partial charge in [0.15, 0.2) is 0 Å². The minimum absolute atomic E-state index is 0.0619. The molecule has 0 unspecified atom stereocenters. The highest BCUT2D eigenvalue weighted by Crippen LogP contribution is 2.26. The maximum atomic E-state index is 9.33. The van der Waals surface area contributed by atoms with E-state index in [4.69, 9.17) is 0 Å². The largest absolute Gasteiger partial charge is 0.392 e. The SMILES string of the molecule is Cc1ccc(N(C)c2ccccc2CO)cc1. The molecule has 0 atom stereocenters. The molecule has 0 heterocycles. The molecule has 0 saturated carbocycles. The maximum Gasteiger partial charge on any atom is 0.0702 e. The zero-order chi connectivity index (χ0) is 12.3. The Kier molecular flexibility index (Phi) is 3.45.